The summed E-state index contributed by atoms with van der Waals surface area (Å²) in [6.07, 6.45) is 12.3. The first-order valence-corrected chi connectivity index (χ1v) is 12.6. The van der Waals surface area contributed by atoms with Gasteiger partial charge in [0.25, 0.3) is 0 Å². The van der Waals surface area contributed by atoms with Crippen LogP contribution in [0.25, 0.3) is 22.5 Å². The molecule has 1 aliphatic carbocycles. The lowest BCUT2D eigenvalue weighted by Gasteiger charge is -2.27. The summed E-state index contributed by atoms with van der Waals surface area (Å²) in [7, 11) is 0. The Hall–Kier alpha value is -3.55. The van der Waals surface area contributed by atoms with Gasteiger partial charge in [0.05, 0.1) is 6.54 Å². The molecular weight excluding hydrogens is 438 g/mol. The standard InChI is InChI=1S/C27H33N7O/c1-4-5-7-22-18-34(24-8-6-14-27(24,2)3)26(35)33(22)17-21-16-28-15-13-23(21)19-9-11-20(12-10-19)25-29-31-32-30-25/h9-13,15-16,18,24H,4-8,14,17H2,1-3H3,(H,29,30,31,32). The van der Waals surface area contributed by atoms with Gasteiger partial charge in [-0.15, -0.1) is 10.2 Å². The lowest BCUT2D eigenvalue weighted by atomic mass is 9.87. The van der Waals surface area contributed by atoms with Crippen LogP contribution in [0.1, 0.15) is 70.2 Å². The van der Waals surface area contributed by atoms with Crippen LogP contribution >= 0.6 is 0 Å². The van der Waals surface area contributed by atoms with Crippen molar-refractivity contribution in [1.29, 1.82) is 0 Å². The lowest BCUT2D eigenvalue weighted by Crippen LogP contribution is -2.32. The topological polar surface area (TPSA) is 94.3 Å². The van der Waals surface area contributed by atoms with Gasteiger partial charge >= 0.3 is 5.69 Å². The van der Waals surface area contributed by atoms with Crippen molar-refractivity contribution in [2.24, 2.45) is 5.41 Å². The van der Waals surface area contributed by atoms with Crippen molar-refractivity contribution in [3.63, 3.8) is 0 Å². The molecule has 0 amide bonds. The number of tetrazole rings is 1. The van der Waals surface area contributed by atoms with E-state index in [0.717, 1.165) is 60.1 Å². The molecule has 1 fully saturated rings. The van der Waals surface area contributed by atoms with Gasteiger partial charge < -0.3 is 0 Å². The Labute approximate surface area is 205 Å². The highest BCUT2D eigenvalue weighted by molar-refractivity contribution is 5.69. The maximum Gasteiger partial charge on any atom is 0.328 e. The Balaban J connectivity index is 1.50. The number of pyridine rings is 1. The summed E-state index contributed by atoms with van der Waals surface area (Å²) in [4.78, 5) is 18.1. The van der Waals surface area contributed by atoms with Crippen LogP contribution in [0, 0.1) is 5.41 Å². The van der Waals surface area contributed by atoms with Gasteiger partial charge in [-0.3, -0.25) is 14.1 Å². The minimum absolute atomic E-state index is 0.0957. The fraction of sp³-hybridized carbons (Fsp3) is 0.444. The van der Waals surface area contributed by atoms with Gasteiger partial charge in [0, 0.05) is 35.9 Å². The highest BCUT2D eigenvalue weighted by Gasteiger charge is 2.37. The Kier molecular flexibility index (Phi) is 6.36. The van der Waals surface area contributed by atoms with E-state index in [1.165, 1.54) is 6.42 Å². The number of unbranched alkanes of at least 4 members (excludes halogenated alkanes) is 1. The number of benzene rings is 1. The van der Waals surface area contributed by atoms with E-state index < -0.39 is 0 Å². The van der Waals surface area contributed by atoms with E-state index in [4.69, 9.17) is 0 Å². The first-order valence-electron chi connectivity index (χ1n) is 12.6. The fourth-order valence-corrected chi connectivity index (χ4v) is 5.41. The molecule has 0 saturated heterocycles. The number of aryl methyl sites for hydroxylation is 1. The van der Waals surface area contributed by atoms with Crippen LogP contribution in [0.2, 0.25) is 0 Å². The average molecular weight is 472 g/mol. The van der Waals surface area contributed by atoms with Crippen LogP contribution in [0.3, 0.4) is 0 Å². The molecule has 1 aromatic carbocycles. The molecule has 8 heteroatoms. The van der Waals surface area contributed by atoms with Crippen LogP contribution in [0.5, 0.6) is 0 Å². The molecule has 1 saturated carbocycles. The van der Waals surface area contributed by atoms with E-state index in [-0.39, 0.29) is 17.1 Å². The second-order valence-electron chi connectivity index (χ2n) is 10.2. The molecule has 35 heavy (non-hydrogen) atoms. The predicted octanol–water partition coefficient (Wildman–Crippen LogP) is 5.03. The molecule has 0 bridgehead atoms. The van der Waals surface area contributed by atoms with Gasteiger partial charge in [-0.25, -0.2) is 4.79 Å². The zero-order chi connectivity index (χ0) is 24.4. The van der Waals surface area contributed by atoms with Crippen LogP contribution in [0.15, 0.2) is 53.7 Å². The van der Waals surface area contributed by atoms with Crippen molar-refractivity contribution in [2.45, 2.75) is 71.9 Å². The van der Waals surface area contributed by atoms with Crippen LogP contribution < -0.4 is 5.69 Å². The molecule has 8 nitrogen and oxygen atoms in total. The zero-order valence-corrected chi connectivity index (χ0v) is 20.7. The van der Waals surface area contributed by atoms with Gasteiger partial charge in [-0.2, -0.15) is 5.21 Å². The SMILES string of the molecule is CCCCc1cn(C2CCCC2(C)C)c(=O)n1Cc1cnccc1-c1ccc(-c2nn[nH]n2)cc1. The van der Waals surface area contributed by atoms with Crippen molar-refractivity contribution in [3.8, 4) is 22.5 Å². The third-order valence-corrected chi connectivity index (χ3v) is 7.44. The van der Waals surface area contributed by atoms with Crippen LogP contribution in [-0.2, 0) is 13.0 Å². The van der Waals surface area contributed by atoms with Gasteiger partial charge in [-0.05, 0) is 59.1 Å². The van der Waals surface area contributed by atoms with Crippen molar-refractivity contribution >= 4 is 0 Å². The number of imidazole rings is 1. The summed E-state index contributed by atoms with van der Waals surface area (Å²) in [5.74, 6) is 0.565. The monoisotopic (exact) mass is 471 g/mol. The van der Waals surface area contributed by atoms with Crippen LogP contribution in [-0.4, -0.2) is 34.7 Å². The molecule has 4 aromatic rings. The third-order valence-electron chi connectivity index (χ3n) is 7.44. The molecular formula is C27H33N7O. The molecule has 1 unspecified atom stereocenters. The van der Waals surface area contributed by atoms with Crippen molar-refractivity contribution < 1.29 is 0 Å². The number of aromatic nitrogens is 7. The number of H-pyrrole nitrogens is 1. The molecule has 1 N–H and O–H groups in total. The number of nitrogens with zero attached hydrogens (tertiary/aromatic N) is 6. The zero-order valence-electron chi connectivity index (χ0n) is 20.7. The van der Waals surface area contributed by atoms with Gasteiger partial charge in [0.2, 0.25) is 5.82 Å². The maximum atomic E-state index is 13.7. The largest absolute Gasteiger partial charge is 0.328 e. The number of nitrogens with one attached hydrogen (secondary N) is 1. The summed E-state index contributed by atoms with van der Waals surface area (Å²) >= 11 is 0. The first-order chi connectivity index (χ1) is 17.0. The molecule has 3 aromatic heterocycles. The molecule has 1 aliphatic rings. The number of hydrogen-bond donors (Lipinski definition) is 1. The van der Waals surface area contributed by atoms with E-state index in [1.54, 1.807) is 6.20 Å². The lowest BCUT2D eigenvalue weighted by molar-refractivity contribution is 0.255. The number of hydrogen-bond acceptors (Lipinski definition) is 5. The quantitative estimate of drug-likeness (QED) is 0.389. The Morgan fingerprint density at radius 1 is 1.14 bits per heavy atom. The fourth-order valence-electron chi connectivity index (χ4n) is 5.41. The van der Waals surface area contributed by atoms with Crippen LogP contribution in [0.4, 0.5) is 0 Å². The van der Waals surface area contributed by atoms with Gasteiger partial charge in [0.1, 0.15) is 0 Å². The first kappa shape index (κ1) is 23.2. The van der Waals surface area contributed by atoms with E-state index >= 15 is 0 Å². The van der Waals surface area contributed by atoms with E-state index in [2.05, 4.69) is 64.7 Å². The van der Waals surface area contributed by atoms with Crippen molar-refractivity contribution in [1.82, 2.24) is 34.7 Å². The minimum atomic E-state index is 0.0957. The Morgan fingerprint density at radius 2 is 1.94 bits per heavy atom. The maximum absolute atomic E-state index is 13.7. The summed E-state index contributed by atoms with van der Waals surface area (Å²) in [6, 6.07) is 10.4. The highest BCUT2D eigenvalue weighted by atomic mass is 16.1. The Bertz CT molecular complexity index is 1330. The summed E-state index contributed by atoms with van der Waals surface area (Å²) in [5, 5.41) is 14.2. The normalized spacial score (nSPS) is 17.2. The molecule has 182 valence electrons. The highest BCUT2D eigenvalue weighted by Crippen LogP contribution is 2.45. The number of rotatable bonds is 8. The van der Waals surface area contributed by atoms with Gasteiger partial charge in [-0.1, -0.05) is 57.9 Å². The predicted molar refractivity (Wildman–Crippen MR) is 136 cm³/mol. The summed E-state index contributed by atoms with van der Waals surface area (Å²) in [5.41, 5.74) is 5.41. The van der Waals surface area contributed by atoms with E-state index in [1.807, 2.05) is 33.5 Å². The van der Waals surface area contributed by atoms with E-state index in [0.29, 0.717) is 12.4 Å². The second kappa shape index (κ2) is 9.60. The van der Waals surface area contributed by atoms with Crippen molar-refractivity contribution in [3.05, 3.63) is 70.7 Å². The molecule has 0 radical (unpaired) electrons. The molecule has 1 atom stereocenters. The smallest absolute Gasteiger partial charge is 0.295 e. The van der Waals surface area contributed by atoms with Gasteiger partial charge in [0.15, 0.2) is 0 Å². The summed E-state index contributed by atoms with van der Waals surface area (Å²) in [6.45, 7) is 7.28. The summed E-state index contributed by atoms with van der Waals surface area (Å²) < 4.78 is 3.99. The Morgan fingerprint density at radius 3 is 2.63 bits per heavy atom. The van der Waals surface area contributed by atoms with E-state index in [9.17, 15) is 4.79 Å². The number of aromatic amines is 1. The molecule has 0 spiro atoms. The minimum Gasteiger partial charge on any atom is -0.295 e. The molecule has 3 heterocycles. The molecule has 0 aliphatic heterocycles. The van der Waals surface area contributed by atoms with Crippen molar-refractivity contribution in [2.75, 3.05) is 0 Å². The second-order valence-corrected chi connectivity index (χ2v) is 10.2. The average Bonchev–Trinajstić information content (AvgIpc) is 3.59. The third kappa shape index (κ3) is 4.57. The molecule has 5 rings (SSSR count).